The van der Waals surface area contributed by atoms with Crippen molar-refractivity contribution in [2.75, 3.05) is 0 Å². The van der Waals surface area contributed by atoms with E-state index in [0.717, 1.165) is 39.3 Å². The van der Waals surface area contributed by atoms with Gasteiger partial charge in [-0.25, -0.2) is 9.78 Å². The second-order valence-corrected chi connectivity index (χ2v) is 8.19. The van der Waals surface area contributed by atoms with Crippen molar-refractivity contribution in [2.45, 2.75) is 26.3 Å². The molecule has 0 aliphatic carbocycles. The second kappa shape index (κ2) is 7.73. The van der Waals surface area contributed by atoms with Crippen LogP contribution in [0.2, 0.25) is 5.02 Å². The van der Waals surface area contributed by atoms with Crippen LogP contribution in [0, 0.1) is 6.92 Å². The predicted molar refractivity (Wildman–Crippen MR) is 112 cm³/mol. The zero-order valence-corrected chi connectivity index (χ0v) is 16.8. The molecule has 0 fully saturated rings. The Morgan fingerprint density at radius 3 is 2.68 bits per heavy atom. The minimum absolute atomic E-state index is 0.0394. The molecule has 7 heteroatoms. The van der Waals surface area contributed by atoms with E-state index in [1.807, 2.05) is 37.3 Å². The van der Waals surface area contributed by atoms with Crippen LogP contribution < -0.4 is 0 Å². The van der Waals surface area contributed by atoms with Gasteiger partial charge in [0, 0.05) is 22.7 Å². The van der Waals surface area contributed by atoms with E-state index in [0.29, 0.717) is 11.6 Å². The third-order valence-corrected chi connectivity index (χ3v) is 5.85. The van der Waals surface area contributed by atoms with Gasteiger partial charge in [-0.1, -0.05) is 41.9 Å². The highest BCUT2D eigenvalue weighted by Gasteiger charge is 2.15. The van der Waals surface area contributed by atoms with Crippen molar-refractivity contribution in [3.8, 4) is 0 Å². The van der Waals surface area contributed by atoms with Gasteiger partial charge in [0.25, 0.3) is 0 Å². The molecule has 0 bridgehead atoms. The van der Waals surface area contributed by atoms with Crippen LogP contribution in [0.5, 0.6) is 0 Å². The first-order valence-corrected chi connectivity index (χ1v) is 10.1. The van der Waals surface area contributed by atoms with Crippen molar-refractivity contribution < 1.29 is 9.90 Å². The number of benzene rings is 2. The summed E-state index contributed by atoms with van der Waals surface area (Å²) in [4.78, 5) is 16.0. The number of carbonyl (C=O) groups is 1. The minimum Gasteiger partial charge on any atom is -0.476 e. The van der Waals surface area contributed by atoms with E-state index in [2.05, 4.69) is 17.2 Å². The molecule has 0 aliphatic rings. The Labute approximate surface area is 171 Å². The standard InChI is InChI=1S/C21H18ClN3O2S/c1-13-9-17(21(26)27)24-25(13)12-15-10-16(22)11-18-20(15)23-19(28-18)8-7-14-5-3-2-4-6-14/h2-6,9-11H,7-8,12H2,1H3,(H,26,27). The van der Waals surface area contributed by atoms with Gasteiger partial charge in [-0.3, -0.25) is 4.68 Å². The van der Waals surface area contributed by atoms with E-state index in [-0.39, 0.29) is 5.69 Å². The van der Waals surface area contributed by atoms with Gasteiger partial charge in [-0.2, -0.15) is 5.10 Å². The Bertz CT molecular complexity index is 1150. The maximum absolute atomic E-state index is 11.2. The second-order valence-electron chi connectivity index (χ2n) is 6.64. The van der Waals surface area contributed by atoms with Crippen LogP contribution in [0.1, 0.15) is 32.3 Å². The lowest BCUT2D eigenvalue weighted by atomic mass is 10.1. The number of hydrogen-bond acceptors (Lipinski definition) is 4. The lowest BCUT2D eigenvalue weighted by Gasteiger charge is -2.06. The van der Waals surface area contributed by atoms with Gasteiger partial charge >= 0.3 is 5.97 Å². The number of rotatable bonds is 6. The highest BCUT2D eigenvalue weighted by molar-refractivity contribution is 7.18. The largest absolute Gasteiger partial charge is 0.476 e. The third-order valence-electron chi connectivity index (χ3n) is 4.57. The van der Waals surface area contributed by atoms with Crippen LogP contribution in [0.4, 0.5) is 0 Å². The average Bonchev–Trinajstić information content (AvgIpc) is 3.24. The van der Waals surface area contributed by atoms with E-state index in [1.54, 1.807) is 22.1 Å². The molecule has 0 atom stereocenters. The van der Waals surface area contributed by atoms with Gasteiger partial charge in [-0.05, 0) is 37.1 Å². The number of aromatic nitrogens is 3. The van der Waals surface area contributed by atoms with Crippen molar-refractivity contribution in [3.05, 3.63) is 81.1 Å². The average molecular weight is 412 g/mol. The molecule has 2 aromatic carbocycles. The number of aromatic carboxylic acids is 1. The van der Waals surface area contributed by atoms with E-state index in [9.17, 15) is 4.79 Å². The maximum atomic E-state index is 11.2. The molecule has 28 heavy (non-hydrogen) atoms. The van der Waals surface area contributed by atoms with Crippen molar-refractivity contribution >= 4 is 39.1 Å². The Morgan fingerprint density at radius 1 is 1.18 bits per heavy atom. The van der Waals surface area contributed by atoms with Crippen LogP contribution in [0.3, 0.4) is 0 Å². The predicted octanol–water partition coefficient (Wildman–Crippen LogP) is 4.99. The van der Waals surface area contributed by atoms with E-state index >= 15 is 0 Å². The zero-order chi connectivity index (χ0) is 19.7. The summed E-state index contributed by atoms with van der Waals surface area (Å²) < 4.78 is 2.71. The van der Waals surface area contributed by atoms with Gasteiger partial charge in [0.05, 0.1) is 21.8 Å². The van der Waals surface area contributed by atoms with Gasteiger partial charge in [0.2, 0.25) is 0 Å². The number of thiazole rings is 1. The van der Waals surface area contributed by atoms with Crippen LogP contribution in [-0.4, -0.2) is 25.8 Å². The Morgan fingerprint density at radius 2 is 1.96 bits per heavy atom. The normalized spacial score (nSPS) is 11.2. The highest BCUT2D eigenvalue weighted by Crippen LogP contribution is 2.30. The maximum Gasteiger partial charge on any atom is 0.356 e. The molecule has 0 radical (unpaired) electrons. The zero-order valence-electron chi connectivity index (χ0n) is 15.2. The fourth-order valence-corrected chi connectivity index (χ4v) is 4.53. The quantitative estimate of drug-likeness (QED) is 0.485. The minimum atomic E-state index is -1.03. The van der Waals surface area contributed by atoms with Crippen LogP contribution in [0.25, 0.3) is 10.2 Å². The van der Waals surface area contributed by atoms with E-state index < -0.39 is 5.97 Å². The summed E-state index contributed by atoms with van der Waals surface area (Å²) in [7, 11) is 0. The molecule has 1 N–H and O–H groups in total. The molecule has 0 saturated heterocycles. The first kappa shape index (κ1) is 18.7. The Kier molecular flexibility index (Phi) is 5.15. The number of hydrogen-bond donors (Lipinski definition) is 1. The third kappa shape index (κ3) is 3.93. The molecule has 2 aromatic heterocycles. The summed E-state index contributed by atoms with van der Waals surface area (Å²) in [5.74, 6) is -1.03. The SMILES string of the molecule is Cc1cc(C(=O)O)nn1Cc1cc(Cl)cc2sc(CCc3ccccc3)nc12. The number of halogens is 1. The summed E-state index contributed by atoms with van der Waals surface area (Å²) in [5, 5.41) is 15.0. The summed E-state index contributed by atoms with van der Waals surface area (Å²) in [5.41, 5.74) is 3.95. The van der Waals surface area contributed by atoms with E-state index in [1.165, 1.54) is 5.56 Å². The first-order chi connectivity index (χ1) is 13.5. The first-order valence-electron chi connectivity index (χ1n) is 8.89. The molecule has 4 aromatic rings. The van der Waals surface area contributed by atoms with E-state index in [4.69, 9.17) is 21.7 Å². The van der Waals surface area contributed by atoms with Gasteiger partial charge in [0.15, 0.2) is 5.69 Å². The van der Waals surface area contributed by atoms with Crippen molar-refractivity contribution in [3.63, 3.8) is 0 Å². The Hall–Kier alpha value is -2.70. The molecular formula is C21H18ClN3O2S. The van der Waals surface area contributed by atoms with Crippen molar-refractivity contribution in [2.24, 2.45) is 0 Å². The van der Waals surface area contributed by atoms with Crippen molar-refractivity contribution in [1.29, 1.82) is 0 Å². The highest BCUT2D eigenvalue weighted by atomic mass is 35.5. The molecular weight excluding hydrogens is 394 g/mol. The molecule has 0 saturated carbocycles. The van der Waals surface area contributed by atoms with Gasteiger partial charge in [-0.15, -0.1) is 11.3 Å². The fourth-order valence-electron chi connectivity index (χ4n) is 3.17. The number of carboxylic acid groups (broad SMARTS) is 1. The summed E-state index contributed by atoms with van der Waals surface area (Å²) in [6.45, 7) is 2.27. The van der Waals surface area contributed by atoms with Gasteiger partial charge < -0.3 is 5.11 Å². The molecule has 0 amide bonds. The van der Waals surface area contributed by atoms with Crippen LogP contribution >= 0.6 is 22.9 Å². The Balaban J connectivity index is 1.63. The summed E-state index contributed by atoms with van der Waals surface area (Å²) in [6, 6.07) is 15.7. The van der Waals surface area contributed by atoms with Crippen molar-refractivity contribution in [1.82, 2.24) is 14.8 Å². The number of carboxylic acids is 1. The summed E-state index contributed by atoms with van der Waals surface area (Å²) >= 11 is 7.97. The lowest BCUT2D eigenvalue weighted by Crippen LogP contribution is -2.06. The molecule has 0 spiro atoms. The molecule has 5 nitrogen and oxygen atoms in total. The lowest BCUT2D eigenvalue weighted by molar-refractivity contribution is 0.0689. The number of aryl methyl sites for hydroxylation is 3. The monoisotopic (exact) mass is 411 g/mol. The number of nitrogens with zero attached hydrogens (tertiary/aromatic N) is 3. The van der Waals surface area contributed by atoms with Crippen LogP contribution in [0.15, 0.2) is 48.5 Å². The smallest absolute Gasteiger partial charge is 0.356 e. The topological polar surface area (TPSA) is 68.0 Å². The number of fused-ring (bicyclic) bond motifs is 1. The molecule has 0 aliphatic heterocycles. The molecule has 2 heterocycles. The van der Waals surface area contributed by atoms with Gasteiger partial charge in [0.1, 0.15) is 0 Å². The molecule has 142 valence electrons. The summed E-state index contributed by atoms with van der Waals surface area (Å²) in [6.07, 6.45) is 1.80. The van der Waals surface area contributed by atoms with Crippen LogP contribution in [-0.2, 0) is 19.4 Å². The molecule has 4 rings (SSSR count). The fraction of sp³-hybridized carbons (Fsp3) is 0.190. The molecule has 0 unspecified atom stereocenters.